The van der Waals surface area contributed by atoms with E-state index in [0.717, 1.165) is 31.1 Å². The van der Waals surface area contributed by atoms with Crippen LogP contribution in [0.4, 0.5) is 0 Å². The molecule has 0 aliphatic heterocycles. The number of hydrogen-bond donors (Lipinski definition) is 0. The van der Waals surface area contributed by atoms with E-state index in [1.807, 2.05) is 12.1 Å². The zero-order valence-electron chi connectivity index (χ0n) is 14.5. The van der Waals surface area contributed by atoms with E-state index in [1.54, 1.807) is 0 Å². The van der Waals surface area contributed by atoms with Gasteiger partial charge in [0.15, 0.2) is 0 Å². The quantitative estimate of drug-likeness (QED) is 0.432. The van der Waals surface area contributed by atoms with Gasteiger partial charge >= 0.3 is 0 Å². The van der Waals surface area contributed by atoms with Crippen molar-refractivity contribution in [2.75, 3.05) is 6.54 Å². The molecule has 0 atom stereocenters. The van der Waals surface area contributed by atoms with E-state index in [1.165, 1.54) is 33.4 Å². The fourth-order valence-electron chi connectivity index (χ4n) is 3.68. The monoisotopic (exact) mass is 347 g/mol. The Bertz CT molecular complexity index is 883. The fourth-order valence-corrected chi connectivity index (χ4v) is 3.81. The van der Waals surface area contributed by atoms with Crippen LogP contribution in [-0.2, 0) is 19.5 Å². The third-order valence-corrected chi connectivity index (χ3v) is 5.28. The fraction of sp³-hybridized carbons (Fsp3) is 0.217. The molecule has 1 nitrogen and oxygen atoms in total. The summed E-state index contributed by atoms with van der Waals surface area (Å²) in [6.07, 6.45) is 1.06. The Morgan fingerprint density at radius 2 is 1.48 bits per heavy atom. The summed E-state index contributed by atoms with van der Waals surface area (Å²) in [6.45, 7) is 5.17. The molecule has 3 aromatic carbocycles. The number of nitrogens with zero attached hydrogens (tertiary/aromatic N) is 1. The minimum absolute atomic E-state index is 0.796. The second kappa shape index (κ2) is 7.03. The molecule has 0 fully saturated rings. The molecular formula is C23H22ClN. The lowest BCUT2D eigenvalue weighted by Gasteiger charge is -2.21. The summed E-state index contributed by atoms with van der Waals surface area (Å²) in [5, 5.41) is 0.796. The number of benzene rings is 3. The van der Waals surface area contributed by atoms with Gasteiger partial charge in [-0.05, 0) is 58.5 Å². The van der Waals surface area contributed by atoms with Crippen molar-refractivity contribution in [2.45, 2.75) is 26.4 Å². The van der Waals surface area contributed by atoms with Gasteiger partial charge in [0.2, 0.25) is 0 Å². The topological polar surface area (TPSA) is 3.24 Å². The van der Waals surface area contributed by atoms with Crippen molar-refractivity contribution in [3.63, 3.8) is 0 Å². The summed E-state index contributed by atoms with van der Waals surface area (Å²) < 4.78 is 0. The lowest BCUT2D eigenvalue weighted by atomic mass is 10.0. The predicted octanol–water partition coefficient (Wildman–Crippen LogP) is 5.93. The molecule has 2 heteroatoms. The van der Waals surface area contributed by atoms with Crippen molar-refractivity contribution >= 4 is 11.6 Å². The summed E-state index contributed by atoms with van der Waals surface area (Å²) in [6, 6.07) is 23.9. The van der Waals surface area contributed by atoms with Crippen molar-refractivity contribution in [2.24, 2.45) is 0 Å². The Morgan fingerprint density at radius 3 is 2.28 bits per heavy atom. The van der Waals surface area contributed by atoms with Crippen molar-refractivity contribution in [1.29, 1.82) is 0 Å². The van der Waals surface area contributed by atoms with Crippen LogP contribution in [0.25, 0.3) is 11.1 Å². The molecule has 0 saturated heterocycles. The zero-order chi connectivity index (χ0) is 17.2. The average Bonchev–Trinajstić information content (AvgIpc) is 3.00. The molecule has 1 aliphatic rings. The first-order valence-corrected chi connectivity index (χ1v) is 9.27. The molecule has 0 aromatic heterocycles. The second-order valence-corrected chi connectivity index (χ2v) is 7.19. The molecule has 1 aliphatic carbocycles. The van der Waals surface area contributed by atoms with Gasteiger partial charge in [-0.25, -0.2) is 0 Å². The molecule has 0 unspecified atom stereocenters. The Kier molecular flexibility index (Phi) is 4.61. The highest BCUT2D eigenvalue weighted by molar-refractivity contribution is 6.30. The molecule has 0 bridgehead atoms. The van der Waals surface area contributed by atoms with E-state index in [-0.39, 0.29) is 0 Å². The Hall–Kier alpha value is -2.09. The Balaban J connectivity index is 1.51. The molecule has 0 amide bonds. The first-order valence-electron chi connectivity index (χ1n) is 8.90. The van der Waals surface area contributed by atoms with Crippen LogP contribution in [0.15, 0.2) is 66.7 Å². The van der Waals surface area contributed by atoms with E-state index in [0.29, 0.717) is 0 Å². The largest absolute Gasteiger partial charge is 0.295 e. The minimum atomic E-state index is 0.796. The highest BCUT2D eigenvalue weighted by atomic mass is 35.5. The van der Waals surface area contributed by atoms with Gasteiger partial charge in [-0.1, -0.05) is 73.1 Å². The standard InChI is InChI=1S/C23H22ClN/c1-2-25(15-17-7-10-21(24)11-8-17)16-18-9-12-23-20(13-18)14-19-5-3-4-6-22(19)23/h3-13H,2,14-16H2,1H3. The van der Waals surface area contributed by atoms with E-state index in [4.69, 9.17) is 11.6 Å². The smallest absolute Gasteiger partial charge is 0.0406 e. The average molecular weight is 348 g/mol. The molecule has 0 N–H and O–H groups in total. The summed E-state index contributed by atoms with van der Waals surface area (Å²) in [5.41, 5.74) is 8.41. The van der Waals surface area contributed by atoms with E-state index in [2.05, 4.69) is 66.4 Å². The summed E-state index contributed by atoms with van der Waals surface area (Å²) in [7, 11) is 0. The molecule has 126 valence electrons. The molecule has 0 spiro atoms. The molecule has 0 radical (unpaired) electrons. The lowest BCUT2D eigenvalue weighted by Crippen LogP contribution is -2.22. The first kappa shape index (κ1) is 16.4. The zero-order valence-corrected chi connectivity index (χ0v) is 15.3. The highest BCUT2D eigenvalue weighted by Crippen LogP contribution is 2.36. The number of fused-ring (bicyclic) bond motifs is 3. The molecule has 4 rings (SSSR count). The normalized spacial score (nSPS) is 12.3. The van der Waals surface area contributed by atoms with Gasteiger partial charge in [-0.2, -0.15) is 0 Å². The highest BCUT2D eigenvalue weighted by Gasteiger charge is 2.18. The Morgan fingerprint density at radius 1 is 0.800 bits per heavy atom. The predicted molar refractivity (Wildman–Crippen MR) is 106 cm³/mol. The second-order valence-electron chi connectivity index (χ2n) is 6.76. The maximum Gasteiger partial charge on any atom is 0.0406 e. The van der Waals surface area contributed by atoms with Crippen LogP contribution in [-0.4, -0.2) is 11.4 Å². The lowest BCUT2D eigenvalue weighted by molar-refractivity contribution is 0.271. The molecular weight excluding hydrogens is 326 g/mol. The molecule has 3 aromatic rings. The maximum absolute atomic E-state index is 5.99. The summed E-state index contributed by atoms with van der Waals surface area (Å²) >= 11 is 5.99. The van der Waals surface area contributed by atoms with Gasteiger partial charge in [0, 0.05) is 18.1 Å². The van der Waals surface area contributed by atoms with E-state index in [9.17, 15) is 0 Å². The van der Waals surface area contributed by atoms with Crippen LogP contribution in [0, 0.1) is 0 Å². The van der Waals surface area contributed by atoms with Crippen LogP contribution in [0.5, 0.6) is 0 Å². The van der Waals surface area contributed by atoms with Crippen LogP contribution >= 0.6 is 11.6 Å². The van der Waals surface area contributed by atoms with Gasteiger partial charge in [0.25, 0.3) is 0 Å². The Labute approximate surface area is 154 Å². The number of halogens is 1. The SMILES string of the molecule is CCN(Cc1ccc(Cl)cc1)Cc1ccc2c(c1)Cc1ccccc1-2. The van der Waals surface area contributed by atoms with Crippen molar-refractivity contribution in [1.82, 2.24) is 4.90 Å². The summed E-state index contributed by atoms with van der Waals surface area (Å²) in [5.74, 6) is 0. The van der Waals surface area contributed by atoms with Gasteiger partial charge in [0.05, 0.1) is 0 Å². The maximum atomic E-state index is 5.99. The number of hydrogen-bond acceptors (Lipinski definition) is 1. The van der Waals surface area contributed by atoms with Gasteiger partial charge in [0.1, 0.15) is 0 Å². The van der Waals surface area contributed by atoms with Gasteiger partial charge in [-0.3, -0.25) is 4.90 Å². The van der Waals surface area contributed by atoms with Crippen molar-refractivity contribution < 1.29 is 0 Å². The van der Waals surface area contributed by atoms with Crippen LogP contribution < -0.4 is 0 Å². The van der Waals surface area contributed by atoms with Gasteiger partial charge < -0.3 is 0 Å². The van der Waals surface area contributed by atoms with Crippen LogP contribution in [0.1, 0.15) is 29.2 Å². The van der Waals surface area contributed by atoms with Crippen LogP contribution in [0.2, 0.25) is 5.02 Å². The third-order valence-electron chi connectivity index (χ3n) is 5.03. The molecule has 25 heavy (non-hydrogen) atoms. The van der Waals surface area contributed by atoms with Crippen LogP contribution in [0.3, 0.4) is 0 Å². The van der Waals surface area contributed by atoms with E-state index < -0.39 is 0 Å². The molecule has 0 heterocycles. The van der Waals surface area contributed by atoms with Gasteiger partial charge in [-0.15, -0.1) is 0 Å². The van der Waals surface area contributed by atoms with Crippen molar-refractivity contribution in [3.8, 4) is 11.1 Å². The van der Waals surface area contributed by atoms with Crippen molar-refractivity contribution in [3.05, 3.63) is 94.0 Å². The third kappa shape index (κ3) is 3.49. The number of rotatable bonds is 5. The molecule has 0 saturated carbocycles. The van der Waals surface area contributed by atoms with E-state index >= 15 is 0 Å². The minimum Gasteiger partial charge on any atom is -0.295 e. The first-order chi connectivity index (χ1) is 12.2. The summed E-state index contributed by atoms with van der Waals surface area (Å²) in [4.78, 5) is 2.47.